The summed E-state index contributed by atoms with van der Waals surface area (Å²) in [5.41, 5.74) is 9.79. The number of aliphatic hydroxyl groups is 1. The minimum atomic E-state index is -0.529. The van der Waals surface area contributed by atoms with E-state index in [1.165, 1.54) is 0 Å². The van der Waals surface area contributed by atoms with Crippen molar-refractivity contribution >= 4 is 0 Å². The van der Waals surface area contributed by atoms with Crippen molar-refractivity contribution in [1.82, 2.24) is 4.98 Å². The van der Waals surface area contributed by atoms with E-state index in [1.807, 2.05) is 6.92 Å². The second kappa shape index (κ2) is 4.45. The van der Waals surface area contributed by atoms with Gasteiger partial charge in [0.2, 0.25) is 0 Å². The summed E-state index contributed by atoms with van der Waals surface area (Å²) in [6.07, 6.45) is 1.66. The van der Waals surface area contributed by atoms with Crippen molar-refractivity contribution in [3.8, 4) is 0 Å². The smallest absolute Gasteiger partial charge is 0.0873 e. The van der Waals surface area contributed by atoms with Gasteiger partial charge in [0.1, 0.15) is 0 Å². The van der Waals surface area contributed by atoms with Crippen molar-refractivity contribution in [2.45, 2.75) is 13.0 Å². The number of aliphatic hydroxyl groups excluding tert-OH is 1. The van der Waals surface area contributed by atoms with E-state index in [2.05, 4.69) is 15.0 Å². The number of rotatable bonds is 3. The van der Waals surface area contributed by atoms with E-state index in [1.54, 1.807) is 18.3 Å². The van der Waals surface area contributed by atoms with E-state index in [0.29, 0.717) is 0 Å². The van der Waals surface area contributed by atoms with Gasteiger partial charge in [0.25, 0.3) is 0 Å². The highest BCUT2D eigenvalue weighted by molar-refractivity contribution is 5.22. The fourth-order valence-corrected chi connectivity index (χ4v) is 1.11. The summed E-state index contributed by atoms with van der Waals surface area (Å²) in [5.74, 6) is 0. The van der Waals surface area contributed by atoms with Gasteiger partial charge in [-0.2, -0.15) is 0 Å². The lowest BCUT2D eigenvalue weighted by molar-refractivity contribution is 0.267. The summed E-state index contributed by atoms with van der Waals surface area (Å²) in [6.45, 7) is 1.61. The molecule has 1 rings (SSSR count). The normalized spacial score (nSPS) is 11.8. The SMILES string of the molecule is Cc1ncccc1C(CO)N=[N+]=[N-]. The van der Waals surface area contributed by atoms with Crippen molar-refractivity contribution in [3.05, 3.63) is 40.0 Å². The molecule has 0 spiro atoms. The molecule has 0 aromatic carbocycles. The molecule has 13 heavy (non-hydrogen) atoms. The average Bonchev–Trinajstić information content (AvgIpc) is 2.16. The highest BCUT2D eigenvalue weighted by Gasteiger charge is 2.10. The molecule has 0 aliphatic rings. The van der Waals surface area contributed by atoms with Crippen molar-refractivity contribution in [3.63, 3.8) is 0 Å². The Kier molecular flexibility index (Phi) is 3.25. The van der Waals surface area contributed by atoms with E-state index in [-0.39, 0.29) is 6.61 Å². The molecule has 1 atom stereocenters. The lowest BCUT2D eigenvalue weighted by Crippen LogP contribution is -2.03. The van der Waals surface area contributed by atoms with Crippen LogP contribution in [-0.2, 0) is 0 Å². The van der Waals surface area contributed by atoms with Crippen molar-refractivity contribution in [2.75, 3.05) is 6.61 Å². The zero-order valence-electron chi connectivity index (χ0n) is 7.25. The Labute approximate surface area is 75.7 Å². The van der Waals surface area contributed by atoms with Gasteiger partial charge < -0.3 is 5.11 Å². The molecular weight excluding hydrogens is 168 g/mol. The Morgan fingerprint density at radius 2 is 2.54 bits per heavy atom. The molecule has 5 nitrogen and oxygen atoms in total. The lowest BCUT2D eigenvalue weighted by atomic mass is 10.1. The van der Waals surface area contributed by atoms with E-state index in [4.69, 9.17) is 10.6 Å². The van der Waals surface area contributed by atoms with Crippen LogP contribution in [0.2, 0.25) is 0 Å². The third-order valence-electron chi connectivity index (χ3n) is 1.77. The molecule has 0 saturated heterocycles. The van der Waals surface area contributed by atoms with Crippen LogP contribution in [0.15, 0.2) is 23.4 Å². The number of aryl methyl sites for hydroxylation is 1. The molecule has 5 heteroatoms. The van der Waals surface area contributed by atoms with E-state index < -0.39 is 6.04 Å². The second-order valence-electron chi connectivity index (χ2n) is 2.58. The molecule has 0 saturated carbocycles. The lowest BCUT2D eigenvalue weighted by Gasteiger charge is -2.09. The highest BCUT2D eigenvalue weighted by atomic mass is 16.3. The predicted molar refractivity (Wildman–Crippen MR) is 47.9 cm³/mol. The van der Waals surface area contributed by atoms with E-state index >= 15 is 0 Å². The van der Waals surface area contributed by atoms with Gasteiger partial charge in [-0.05, 0) is 24.1 Å². The van der Waals surface area contributed by atoms with E-state index in [0.717, 1.165) is 11.3 Å². The van der Waals surface area contributed by atoms with Crippen LogP contribution in [0, 0.1) is 6.92 Å². The Balaban J connectivity index is 3.04. The Morgan fingerprint density at radius 3 is 3.08 bits per heavy atom. The van der Waals surface area contributed by atoms with Crippen molar-refractivity contribution in [1.29, 1.82) is 0 Å². The van der Waals surface area contributed by atoms with E-state index in [9.17, 15) is 0 Å². The quantitative estimate of drug-likeness (QED) is 0.434. The maximum absolute atomic E-state index is 8.94. The molecule has 1 aromatic heterocycles. The number of pyridine rings is 1. The minimum Gasteiger partial charge on any atom is -0.396 e. The van der Waals surface area contributed by atoms with Gasteiger partial charge in [0.05, 0.1) is 12.6 Å². The number of hydrogen-bond donors (Lipinski definition) is 1. The van der Waals surface area contributed by atoms with Crippen LogP contribution in [0.5, 0.6) is 0 Å². The number of aromatic nitrogens is 1. The molecule has 0 fully saturated rings. The first-order valence-electron chi connectivity index (χ1n) is 3.86. The zero-order chi connectivity index (χ0) is 9.68. The van der Waals surface area contributed by atoms with Gasteiger partial charge in [-0.15, -0.1) is 0 Å². The third kappa shape index (κ3) is 2.18. The van der Waals surface area contributed by atoms with Gasteiger partial charge in [-0.25, -0.2) is 0 Å². The molecule has 1 aromatic rings. The first-order chi connectivity index (χ1) is 6.29. The first kappa shape index (κ1) is 9.51. The molecule has 0 aliphatic carbocycles. The highest BCUT2D eigenvalue weighted by Crippen LogP contribution is 2.18. The van der Waals surface area contributed by atoms with Crippen LogP contribution in [0.25, 0.3) is 10.4 Å². The zero-order valence-corrected chi connectivity index (χ0v) is 7.25. The van der Waals surface area contributed by atoms with Gasteiger partial charge in [0.15, 0.2) is 0 Å². The van der Waals surface area contributed by atoms with Crippen LogP contribution in [0.4, 0.5) is 0 Å². The van der Waals surface area contributed by atoms with Gasteiger partial charge in [-0.3, -0.25) is 4.98 Å². The molecule has 1 unspecified atom stereocenters. The van der Waals surface area contributed by atoms with Crippen LogP contribution in [0.1, 0.15) is 17.3 Å². The topological polar surface area (TPSA) is 81.9 Å². The van der Waals surface area contributed by atoms with Crippen molar-refractivity contribution < 1.29 is 5.11 Å². The monoisotopic (exact) mass is 178 g/mol. The molecule has 0 bridgehead atoms. The summed E-state index contributed by atoms with van der Waals surface area (Å²) in [7, 11) is 0. The third-order valence-corrected chi connectivity index (χ3v) is 1.77. The Hall–Kier alpha value is -1.58. The summed E-state index contributed by atoms with van der Waals surface area (Å²) < 4.78 is 0. The average molecular weight is 178 g/mol. The predicted octanol–water partition coefficient (Wildman–Crippen LogP) is 1.73. The largest absolute Gasteiger partial charge is 0.396 e. The van der Waals surface area contributed by atoms with Crippen LogP contribution < -0.4 is 0 Å². The molecule has 68 valence electrons. The summed E-state index contributed by atoms with van der Waals surface area (Å²) in [5, 5.41) is 12.4. The molecule has 0 amide bonds. The molecule has 0 aliphatic heterocycles. The number of hydrogen-bond acceptors (Lipinski definition) is 3. The van der Waals surface area contributed by atoms with Gasteiger partial charge in [0, 0.05) is 16.8 Å². The summed E-state index contributed by atoms with van der Waals surface area (Å²) in [4.78, 5) is 6.70. The fourth-order valence-electron chi connectivity index (χ4n) is 1.11. The molecular formula is C8H10N4O. The first-order valence-corrected chi connectivity index (χ1v) is 3.86. The standard InChI is InChI=1S/C8H10N4O/c1-6-7(3-2-4-10-6)8(5-13)11-12-9/h2-4,8,13H,5H2,1H3. The minimum absolute atomic E-state index is 0.198. The Morgan fingerprint density at radius 1 is 1.77 bits per heavy atom. The molecule has 1 N–H and O–H groups in total. The van der Waals surface area contributed by atoms with Crippen LogP contribution in [0.3, 0.4) is 0 Å². The maximum Gasteiger partial charge on any atom is 0.0873 e. The number of nitrogens with zero attached hydrogens (tertiary/aromatic N) is 4. The van der Waals surface area contributed by atoms with Crippen LogP contribution >= 0.6 is 0 Å². The second-order valence-corrected chi connectivity index (χ2v) is 2.58. The molecule has 1 heterocycles. The fraction of sp³-hybridized carbons (Fsp3) is 0.375. The Bertz CT molecular complexity index is 333. The van der Waals surface area contributed by atoms with Crippen LogP contribution in [-0.4, -0.2) is 16.7 Å². The summed E-state index contributed by atoms with van der Waals surface area (Å²) in [6, 6.07) is 3.01. The maximum atomic E-state index is 8.94. The summed E-state index contributed by atoms with van der Waals surface area (Å²) >= 11 is 0. The number of azide groups is 1. The molecule has 0 radical (unpaired) electrons. The van der Waals surface area contributed by atoms with Crippen molar-refractivity contribution in [2.24, 2.45) is 5.11 Å². The van der Waals surface area contributed by atoms with Gasteiger partial charge >= 0.3 is 0 Å². The van der Waals surface area contributed by atoms with Gasteiger partial charge in [-0.1, -0.05) is 11.2 Å².